The lowest BCUT2D eigenvalue weighted by molar-refractivity contribution is -0.266. The maximum atomic E-state index is 13.7. The second-order valence-electron chi connectivity index (χ2n) is 5.84. The summed E-state index contributed by atoms with van der Waals surface area (Å²) in [6.45, 7) is 5.42. The molecule has 0 fully saturated rings. The molecule has 1 N–H and O–H groups in total. The van der Waals surface area contributed by atoms with E-state index < -0.39 is 34.8 Å². The molecule has 122 valence electrons. The van der Waals surface area contributed by atoms with Crippen molar-refractivity contribution in [3.05, 3.63) is 35.9 Å². The second kappa shape index (κ2) is 5.98. The molecule has 0 aliphatic heterocycles. The summed E-state index contributed by atoms with van der Waals surface area (Å²) < 4.78 is 45.6. The third kappa shape index (κ3) is 3.78. The summed E-state index contributed by atoms with van der Waals surface area (Å²) >= 11 is 0. The Morgan fingerprint density at radius 3 is 1.91 bits per heavy atom. The van der Waals surface area contributed by atoms with Gasteiger partial charge in [-0.15, -0.1) is 0 Å². The summed E-state index contributed by atoms with van der Waals surface area (Å²) in [6.07, 6.45) is -5.12. The monoisotopic (exact) mass is 317 g/mol. The molecule has 0 unspecified atom stereocenters. The summed E-state index contributed by atoms with van der Waals surface area (Å²) in [5, 5.41) is 2.23. The van der Waals surface area contributed by atoms with Gasteiger partial charge in [-0.25, -0.2) is 0 Å². The topological polar surface area (TPSA) is 55.4 Å². The molecule has 0 radical (unpaired) electrons. The van der Waals surface area contributed by atoms with Crippen molar-refractivity contribution in [1.82, 2.24) is 5.32 Å². The van der Waals surface area contributed by atoms with Crippen LogP contribution >= 0.6 is 0 Å². The number of rotatable bonds is 3. The number of halogens is 3. The number of carbonyl (C=O) groups excluding carboxylic acids is 2. The molecule has 0 saturated heterocycles. The number of nitrogens with one attached hydrogen (secondary N) is 1. The van der Waals surface area contributed by atoms with E-state index in [4.69, 9.17) is 0 Å². The molecule has 1 aromatic rings. The summed E-state index contributed by atoms with van der Waals surface area (Å²) in [7, 11) is 0. The summed E-state index contributed by atoms with van der Waals surface area (Å²) in [4.78, 5) is 23.6. The molecule has 0 aliphatic carbocycles. The average Bonchev–Trinajstić information content (AvgIpc) is 2.33. The molecule has 0 aliphatic rings. The van der Waals surface area contributed by atoms with Crippen molar-refractivity contribution in [1.29, 1.82) is 0 Å². The zero-order valence-corrected chi connectivity index (χ0v) is 12.7. The molecule has 4 nitrogen and oxygen atoms in total. The standard InChI is InChI=1S/C15H18F3NO3/c1-10(20)22-14(15(16,17)18,11-8-6-5-7-9-11)12(21)19-13(2,3)4/h5-9H,1-4H3,(H,19,21)/t14-/m1/s1. The van der Waals surface area contributed by atoms with Gasteiger partial charge in [0, 0.05) is 18.0 Å². The van der Waals surface area contributed by atoms with Crippen molar-refractivity contribution >= 4 is 11.9 Å². The van der Waals surface area contributed by atoms with Gasteiger partial charge in [0.05, 0.1) is 0 Å². The maximum absolute atomic E-state index is 13.7. The number of amides is 1. The van der Waals surface area contributed by atoms with Gasteiger partial charge in [0.2, 0.25) is 0 Å². The first kappa shape index (κ1) is 18.0. The smallest absolute Gasteiger partial charge is 0.434 e. The Balaban J connectivity index is 3.53. The van der Waals surface area contributed by atoms with Gasteiger partial charge >= 0.3 is 17.7 Å². The number of benzene rings is 1. The minimum Gasteiger partial charge on any atom is -0.434 e. The van der Waals surface area contributed by atoms with E-state index in [1.807, 2.05) is 0 Å². The van der Waals surface area contributed by atoms with Gasteiger partial charge in [-0.2, -0.15) is 13.2 Å². The Morgan fingerprint density at radius 2 is 1.55 bits per heavy atom. The van der Waals surface area contributed by atoms with Crippen molar-refractivity contribution in [2.24, 2.45) is 0 Å². The number of hydrogen-bond acceptors (Lipinski definition) is 3. The van der Waals surface area contributed by atoms with Crippen LogP contribution in [-0.4, -0.2) is 23.6 Å². The lowest BCUT2D eigenvalue weighted by Gasteiger charge is -2.36. The highest BCUT2D eigenvalue weighted by Gasteiger charge is 2.65. The average molecular weight is 317 g/mol. The van der Waals surface area contributed by atoms with Crippen LogP contribution in [0.3, 0.4) is 0 Å². The van der Waals surface area contributed by atoms with Gasteiger partial charge in [0.1, 0.15) is 0 Å². The van der Waals surface area contributed by atoms with Crippen LogP contribution in [-0.2, 0) is 19.9 Å². The van der Waals surface area contributed by atoms with E-state index in [0.717, 1.165) is 19.1 Å². The van der Waals surface area contributed by atoms with E-state index in [9.17, 15) is 22.8 Å². The lowest BCUT2D eigenvalue weighted by Crippen LogP contribution is -2.60. The molecule has 0 spiro atoms. The molecule has 7 heteroatoms. The fourth-order valence-electron chi connectivity index (χ4n) is 1.90. The fraction of sp³-hybridized carbons (Fsp3) is 0.467. The van der Waals surface area contributed by atoms with Crippen LogP contribution in [0, 0.1) is 0 Å². The summed E-state index contributed by atoms with van der Waals surface area (Å²) in [5.41, 5.74) is -4.77. The zero-order valence-electron chi connectivity index (χ0n) is 12.7. The molecule has 0 heterocycles. The van der Waals surface area contributed by atoms with E-state index in [0.29, 0.717) is 0 Å². The SMILES string of the molecule is CC(=O)O[C@@](C(=O)NC(C)(C)C)(c1ccccc1)C(F)(F)F. The van der Waals surface area contributed by atoms with Gasteiger partial charge in [-0.05, 0) is 20.8 Å². The molecule has 1 amide bonds. The van der Waals surface area contributed by atoms with Crippen molar-refractivity contribution < 1.29 is 27.5 Å². The Morgan fingerprint density at radius 1 is 1.05 bits per heavy atom. The summed E-state index contributed by atoms with van der Waals surface area (Å²) in [5.74, 6) is -2.64. The largest absolute Gasteiger partial charge is 0.442 e. The number of carbonyl (C=O) groups is 2. The minimum atomic E-state index is -5.12. The first-order valence-electron chi connectivity index (χ1n) is 6.54. The number of ether oxygens (including phenoxy) is 1. The first-order valence-corrected chi connectivity index (χ1v) is 6.54. The van der Waals surface area contributed by atoms with Gasteiger partial charge < -0.3 is 10.1 Å². The van der Waals surface area contributed by atoms with E-state index >= 15 is 0 Å². The van der Waals surface area contributed by atoms with E-state index in [2.05, 4.69) is 10.1 Å². The van der Waals surface area contributed by atoms with Crippen LogP contribution in [0.4, 0.5) is 13.2 Å². The molecule has 0 bridgehead atoms. The van der Waals surface area contributed by atoms with Gasteiger partial charge in [0.15, 0.2) is 0 Å². The quantitative estimate of drug-likeness (QED) is 0.872. The van der Waals surface area contributed by atoms with Gasteiger partial charge in [-0.3, -0.25) is 9.59 Å². The molecule has 0 aromatic heterocycles. The molecule has 1 atom stereocenters. The van der Waals surface area contributed by atoms with Crippen molar-refractivity contribution in [2.75, 3.05) is 0 Å². The Labute approximate surface area is 126 Å². The summed E-state index contributed by atoms with van der Waals surface area (Å²) in [6, 6.07) is 6.37. The van der Waals surface area contributed by atoms with Crippen molar-refractivity contribution in [2.45, 2.75) is 45.0 Å². The van der Waals surface area contributed by atoms with E-state index in [1.165, 1.54) is 39.0 Å². The van der Waals surface area contributed by atoms with E-state index in [-0.39, 0.29) is 0 Å². The number of alkyl halides is 3. The van der Waals surface area contributed by atoms with Gasteiger partial charge in [0.25, 0.3) is 5.91 Å². The molecule has 0 saturated carbocycles. The molecule has 22 heavy (non-hydrogen) atoms. The van der Waals surface area contributed by atoms with Crippen LogP contribution in [0.5, 0.6) is 0 Å². The third-order valence-corrected chi connectivity index (χ3v) is 2.68. The van der Waals surface area contributed by atoms with E-state index in [1.54, 1.807) is 0 Å². The zero-order chi connectivity index (χ0) is 17.2. The predicted octanol–water partition coefficient (Wildman–Crippen LogP) is 2.92. The molecule has 1 rings (SSSR count). The normalized spacial score (nSPS) is 14.9. The Hall–Kier alpha value is -2.05. The number of hydrogen-bond donors (Lipinski definition) is 1. The maximum Gasteiger partial charge on any atom is 0.442 e. The minimum absolute atomic E-state index is 0.459. The van der Waals surface area contributed by atoms with Gasteiger partial charge in [-0.1, -0.05) is 30.3 Å². The first-order chi connectivity index (χ1) is 9.90. The number of esters is 1. The molecular formula is C15H18F3NO3. The van der Waals surface area contributed by atoms with Crippen LogP contribution in [0.2, 0.25) is 0 Å². The van der Waals surface area contributed by atoms with Crippen molar-refractivity contribution in [3.8, 4) is 0 Å². The third-order valence-electron chi connectivity index (χ3n) is 2.68. The lowest BCUT2D eigenvalue weighted by atomic mass is 9.90. The Bertz CT molecular complexity index is 549. The predicted molar refractivity (Wildman–Crippen MR) is 73.8 cm³/mol. The second-order valence-corrected chi connectivity index (χ2v) is 5.84. The van der Waals surface area contributed by atoms with Crippen molar-refractivity contribution in [3.63, 3.8) is 0 Å². The Kier molecular flexibility index (Phi) is 4.89. The van der Waals surface area contributed by atoms with Crippen LogP contribution in [0.25, 0.3) is 0 Å². The molecular weight excluding hydrogens is 299 g/mol. The molecule has 1 aromatic carbocycles. The van der Waals surface area contributed by atoms with Crippen LogP contribution in [0.1, 0.15) is 33.3 Å². The van der Waals surface area contributed by atoms with Crippen LogP contribution < -0.4 is 5.32 Å². The highest BCUT2D eigenvalue weighted by Crippen LogP contribution is 2.43. The highest BCUT2D eigenvalue weighted by atomic mass is 19.4. The van der Waals surface area contributed by atoms with Crippen LogP contribution in [0.15, 0.2) is 30.3 Å². The fourth-order valence-corrected chi connectivity index (χ4v) is 1.90. The highest BCUT2D eigenvalue weighted by molar-refractivity contribution is 5.90.